The van der Waals surface area contributed by atoms with Crippen LogP contribution in [0.2, 0.25) is 0 Å². The summed E-state index contributed by atoms with van der Waals surface area (Å²) in [5.74, 6) is -0.937. The summed E-state index contributed by atoms with van der Waals surface area (Å²) in [6.45, 7) is 0.517. The Morgan fingerprint density at radius 3 is 2.79 bits per heavy atom. The SMILES string of the molecule is COc1ccc(F)cc1-c1ccnc2[nH]c(C3=CCC(C(=O)N4CCC[C@H]4C(=O)O)CC3)cc12. The number of likely N-dealkylation sites (tertiary alicyclic amines) is 1. The van der Waals surface area contributed by atoms with Gasteiger partial charge in [-0.1, -0.05) is 6.08 Å². The van der Waals surface area contributed by atoms with Crippen molar-refractivity contribution in [2.24, 2.45) is 5.92 Å². The highest BCUT2D eigenvalue weighted by atomic mass is 19.1. The van der Waals surface area contributed by atoms with Gasteiger partial charge in [0.05, 0.1) is 7.11 Å². The summed E-state index contributed by atoms with van der Waals surface area (Å²) in [7, 11) is 1.56. The summed E-state index contributed by atoms with van der Waals surface area (Å²) < 4.78 is 19.4. The largest absolute Gasteiger partial charge is 0.496 e. The molecule has 1 aliphatic carbocycles. The number of carboxylic acids is 1. The second-order valence-electron chi connectivity index (χ2n) is 8.88. The van der Waals surface area contributed by atoms with E-state index in [-0.39, 0.29) is 17.6 Å². The van der Waals surface area contributed by atoms with Crippen LogP contribution in [0.25, 0.3) is 27.7 Å². The highest BCUT2D eigenvalue weighted by molar-refractivity contribution is 5.97. The van der Waals surface area contributed by atoms with Gasteiger partial charge < -0.3 is 19.7 Å². The van der Waals surface area contributed by atoms with Crippen LogP contribution in [-0.2, 0) is 9.59 Å². The number of aromatic amines is 1. The topological polar surface area (TPSA) is 95.5 Å². The molecule has 1 unspecified atom stereocenters. The minimum Gasteiger partial charge on any atom is -0.496 e. The number of methoxy groups -OCH3 is 1. The van der Waals surface area contributed by atoms with E-state index in [1.54, 1.807) is 19.4 Å². The number of rotatable bonds is 5. The van der Waals surface area contributed by atoms with Crippen LogP contribution >= 0.6 is 0 Å². The number of H-pyrrole nitrogens is 1. The van der Waals surface area contributed by atoms with Crippen LogP contribution in [0, 0.1) is 11.7 Å². The number of hydrogen-bond acceptors (Lipinski definition) is 4. The van der Waals surface area contributed by atoms with Crippen molar-refractivity contribution in [3.05, 3.63) is 54.1 Å². The van der Waals surface area contributed by atoms with Gasteiger partial charge in [-0.25, -0.2) is 14.2 Å². The molecule has 2 N–H and O–H groups in total. The fraction of sp³-hybridized carbons (Fsp3) is 0.346. The quantitative estimate of drug-likeness (QED) is 0.575. The number of aliphatic carboxylic acids is 1. The number of benzene rings is 1. The fourth-order valence-corrected chi connectivity index (χ4v) is 5.15. The first-order valence-electron chi connectivity index (χ1n) is 11.5. The lowest BCUT2D eigenvalue weighted by molar-refractivity contribution is -0.150. The average molecular weight is 464 g/mol. The zero-order chi connectivity index (χ0) is 23.8. The molecule has 0 radical (unpaired) electrons. The van der Waals surface area contributed by atoms with Crippen molar-refractivity contribution in [3.8, 4) is 16.9 Å². The van der Waals surface area contributed by atoms with Gasteiger partial charge >= 0.3 is 5.97 Å². The molecule has 1 fully saturated rings. The number of pyridine rings is 1. The van der Waals surface area contributed by atoms with Crippen LogP contribution in [-0.4, -0.2) is 51.5 Å². The number of aromatic nitrogens is 2. The van der Waals surface area contributed by atoms with Gasteiger partial charge in [0.1, 0.15) is 23.3 Å². The molecule has 0 saturated carbocycles. The third-order valence-electron chi connectivity index (χ3n) is 6.91. The monoisotopic (exact) mass is 463 g/mol. The molecule has 7 nitrogen and oxygen atoms in total. The predicted octanol–water partition coefficient (Wildman–Crippen LogP) is 4.64. The lowest BCUT2D eigenvalue weighted by atomic mass is 9.87. The zero-order valence-electron chi connectivity index (χ0n) is 18.9. The Morgan fingerprint density at radius 2 is 2.06 bits per heavy atom. The van der Waals surface area contributed by atoms with E-state index in [4.69, 9.17) is 4.74 Å². The van der Waals surface area contributed by atoms with Crippen LogP contribution in [0.3, 0.4) is 0 Å². The van der Waals surface area contributed by atoms with Crippen molar-refractivity contribution in [1.29, 1.82) is 0 Å². The standard InChI is InChI=1S/C26H26FN3O4/c1-34-23-9-8-17(27)13-19(23)18-10-11-28-24-20(18)14-21(29-24)15-4-6-16(7-5-15)25(31)30-12-2-3-22(30)26(32)33/h4,8-11,13-14,16,22H,2-3,5-7,12H2,1H3,(H,28,29)(H,32,33)/t16?,22-/m0/s1. The van der Waals surface area contributed by atoms with Crippen LogP contribution < -0.4 is 4.74 Å². The number of ether oxygens (including phenoxy) is 1. The van der Waals surface area contributed by atoms with Gasteiger partial charge in [0.25, 0.3) is 0 Å². The first-order chi connectivity index (χ1) is 16.5. The number of carboxylic acid groups (broad SMARTS) is 1. The molecule has 5 rings (SSSR count). The molecule has 8 heteroatoms. The molecule has 3 aromatic rings. The molecular formula is C26H26FN3O4. The Hall–Kier alpha value is -3.68. The van der Waals surface area contributed by atoms with Gasteiger partial charge in [-0.2, -0.15) is 0 Å². The fourth-order valence-electron chi connectivity index (χ4n) is 5.15. The maximum atomic E-state index is 14.0. The van der Waals surface area contributed by atoms with Crippen LogP contribution in [0.4, 0.5) is 4.39 Å². The molecular weight excluding hydrogens is 437 g/mol. The first-order valence-corrected chi connectivity index (χ1v) is 11.5. The Morgan fingerprint density at radius 1 is 1.21 bits per heavy atom. The number of hydrogen-bond donors (Lipinski definition) is 2. The van der Waals surface area contributed by atoms with E-state index in [1.807, 2.05) is 12.1 Å². The number of nitrogens with zero attached hydrogens (tertiary/aromatic N) is 2. The summed E-state index contributed by atoms with van der Waals surface area (Å²) in [6, 6.07) is 7.59. The average Bonchev–Trinajstić information content (AvgIpc) is 3.51. The Balaban J connectivity index is 1.41. The third kappa shape index (κ3) is 3.93. The van der Waals surface area contributed by atoms with Crippen molar-refractivity contribution in [2.75, 3.05) is 13.7 Å². The lowest BCUT2D eigenvalue weighted by Crippen LogP contribution is -2.43. The van der Waals surface area contributed by atoms with Crippen LogP contribution in [0.5, 0.6) is 5.75 Å². The van der Waals surface area contributed by atoms with E-state index in [9.17, 15) is 19.1 Å². The van der Waals surface area contributed by atoms with E-state index in [0.29, 0.717) is 49.2 Å². The summed E-state index contributed by atoms with van der Waals surface area (Å²) in [4.78, 5) is 33.8. The van der Waals surface area contributed by atoms with Crippen molar-refractivity contribution in [2.45, 2.75) is 38.1 Å². The zero-order valence-corrected chi connectivity index (χ0v) is 18.9. The maximum Gasteiger partial charge on any atom is 0.326 e. The molecule has 3 heterocycles. The van der Waals surface area contributed by atoms with E-state index in [0.717, 1.165) is 28.6 Å². The van der Waals surface area contributed by atoms with Crippen molar-refractivity contribution in [1.82, 2.24) is 14.9 Å². The van der Waals surface area contributed by atoms with Crippen molar-refractivity contribution >= 4 is 28.5 Å². The van der Waals surface area contributed by atoms with Gasteiger partial charge in [-0.15, -0.1) is 0 Å². The molecule has 34 heavy (non-hydrogen) atoms. The first kappa shape index (κ1) is 22.1. The number of fused-ring (bicyclic) bond motifs is 1. The van der Waals surface area contributed by atoms with Gasteiger partial charge in [0.15, 0.2) is 0 Å². The highest BCUT2D eigenvalue weighted by Crippen LogP contribution is 2.38. The second-order valence-corrected chi connectivity index (χ2v) is 8.88. The molecule has 2 aliphatic rings. The molecule has 1 saturated heterocycles. The summed E-state index contributed by atoms with van der Waals surface area (Å²) >= 11 is 0. The number of carbonyl (C=O) groups is 2. The predicted molar refractivity (Wildman–Crippen MR) is 126 cm³/mol. The molecule has 1 amide bonds. The lowest BCUT2D eigenvalue weighted by Gasteiger charge is -2.28. The molecule has 0 bridgehead atoms. The Labute approximate surface area is 196 Å². The van der Waals surface area contributed by atoms with E-state index in [1.165, 1.54) is 17.0 Å². The smallest absolute Gasteiger partial charge is 0.326 e. The molecule has 2 aromatic heterocycles. The molecule has 1 aromatic carbocycles. The van der Waals surface area contributed by atoms with Gasteiger partial charge in [0.2, 0.25) is 5.91 Å². The van der Waals surface area contributed by atoms with Gasteiger partial charge in [-0.05, 0) is 73.6 Å². The summed E-state index contributed by atoms with van der Waals surface area (Å²) in [6.07, 6.45) is 6.94. The molecule has 176 valence electrons. The molecule has 1 aliphatic heterocycles. The third-order valence-corrected chi connectivity index (χ3v) is 6.91. The van der Waals surface area contributed by atoms with E-state index < -0.39 is 12.0 Å². The summed E-state index contributed by atoms with van der Waals surface area (Å²) in [5, 5.41) is 10.3. The number of nitrogens with one attached hydrogen (secondary N) is 1. The minimum atomic E-state index is -0.922. The number of carbonyl (C=O) groups excluding carboxylic acids is 1. The normalized spacial score (nSPS) is 20.4. The molecule has 0 spiro atoms. The van der Waals surface area contributed by atoms with E-state index in [2.05, 4.69) is 16.0 Å². The van der Waals surface area contributed by atoms with Gasteiger partial charge in [0, 0.05) is 35.3 Å². The number of allylic oxidation sites excluding steroid dienone is 2. The minimum absolute atomic E-state index is 0.0565. The van der Waals surface area contributed by atoms with Crippen LogP contribution in [0.1, 0.15) is 37.8 Å². The Kier molecular flexibility index (Phi) is 5.81. The van der Waals surface area contributed by atoms with Crippen molar-refractivity contribution < 1.29 is 23.8 Å². The second kappa shape index (κ2) is 8.93. The maximum absolute atomic E-state index is 14.0. The van der Waals surface area contributed by atoms with Gasteiger partial charge in [-0.3, -0.25) is 4.79 Å². The number of halogens is 1. The van der Waals surface area contributed by atoms with Crippen LogP contribution in [0.15, 0.2) is 42.6 Å². The van der Waals surface area contributed by atoms with Crippen molar-refractivity contribution in [3.63, 3.8) is 0 Å². The Bertz CT molecular complexity index is 1300. The number of amides is 1. The molecule has 2 atom stereocenters. The summed E-state index contributed by atoms with van der Waals surface area (Å²) in [5.41, 5.74) is 4.18. The highest BCUT2D eigenvalue weighted by Gasteiger charge is 2.37. The van der Waals surface area contributed by atoms with E-state index >= 15 is 0 Å².